The van der Waals surface area contributed by atoms with Crippen LogP contribution in [0, 0.1) is 0 Å². The minimum atomic E-state index is 0.709. The molecule has 0 bridgehead atoms. The van der Waals surface area contributed by atoms with Gasteiger partial charge in [-0.1, -0.05) is 176 Å². The number of nitrogens with zero attached hydrogens (tertiary/aromatic N) is 2. The molecule has 2 nitrogen and oxygen atoms in total. The number of aromatic nitrogens is 2. The van der Waals surface area contributed by atoms with Crippen molar-refractivity contribution in [3.05, 3.63) is 194 Å². The fourth-order valence-electron chi connectivity index (χ4n) is 7.79. The van der Waals surface area contributed by atoms with Gasteiger partial charge in [-0.15, -0.1) is 0 Å². The van der Waals surface area contributed by atoms with Crippen LogP contribution in [-0.4, -0.2) is 9.97 Å². The van der Waals surface area contributed by atoms with Crippen molar-refractivity contribution in [2.24, 2.45) is 0 Å². The fraction of sp³-hybridized carbons (Fsp3) is 0. The maximum atomic E-state index is 5.52. The van der Waals surface area contributed by atoms with Crippen molar-refractivity contribution < 1.29 is 0 Å². The summed E-state index contributed by atoms with van der Waals surface area (Å²) >= 11 is 0. The van der Waals surface area contributed by atoms with E-state index in [0.717, 1.165) is 66.5 Å². The molecule has 1 heterocycles. The van der Waals surface area contributed by atoms with E-state index in [1.807, 2.05) is 0 Å². The third-order valence-electron chi connectivity index (χ3n) is 10.3. The second-order valence-electron chi connectivity index (χ2n) is 13.3. The van der Waals surface area contributed by atoms with E-state index < -0.39 is 0 Å². The smallest absolute Gasteiger partial charge is 0.161 e. The topological polar surface area (TPSA) is 25.8 Å². The first-order chi connectivity index (χ1) is 25.8. The van der Waals surface area contributed by atoms with Gasteiger partial charge in [-0.2, -0.15) is 0 Å². The number of fused-ring (bicyclic) bond motifs is 5. The van der Waals surface area contributed by atoms with Crippen molar-refractivity contribution in [2.45, 2.75) is 0 Å². The standard InChI is InChI=1S/C50H32N2/c1-2-15-34(16-3-1)39-20-10-12-24-43(39)47-32-48(44-25-13-11-22-41(44)38-27-26-33-14-4-5-18-36(33)30-38)52-50(51-47)49-42-23-9-7-19-37(42)31-46-40-21-8-6-17-35(40)28-29-45(46)49/h1-32H. The van der Waals surface area contributed by atoms with Crippen LogP contribution in [0.1, 0.15) is 0 Å². The summed E-state index contributed by atoms with van der Waals surface area (Å²) < 4.78 is 0. The van der Waals surface area contributed by atoms with Crippen LogP contribution in [0.25, 0.3) is 99.2 Å². The maximum absolute atomic E-state index is 5.52. The second-order valence-corrected chi connectivity index (χ2v) is 13.3. The van der Waals surface area contributed by atoms with E-state index in [2.05, 4.69) is 194 Å². The summed E-state index contributed by atoms with van der Waals surface area (Å²) in [5.74, 6) is 0.709. The summed E-state index contributed by atoms with van der Waals surface area (Å²) in [7, 11) is 0. The third kappa shape index (κ3) is 5.12. The zero-order chi connectivity index (χ0) is 34.4. The summed E-state index contributed by atoms with van der Waals surface area (Å²) in [6, 6.07) is 69.2. The molecule has 0 amide bonds. The Morgan fingerprint density at radius 1 is 0.269 bits per heavy atom. The van der Waals surface area contributed by atoms with E-state index in [9.17, 15) is 0 Å². The molecule has 0 unspecified atom stereocenters. The lowest BCUT2D eigenvalue weighted by Crippen LogP contribution is -1.99. The van der Waals surface area contributed by atoms with Gasteiger partial charge in [-0.25, -0.2) is 9.97 Å². The quantitative estimate of drug-likeness (QED) is 0.136. The Labute approximate surface area is 302 Å². The molecule has 0 fully saturated rings. The third-order valence-corrected chi connectivity index (χ3v) is 10.3. The molecule has 0 aliphatic heterocycles. The molecule has 0 spiro atoms. The largest absolute Gasteiger partial charge is 0.228 e. The summed E-state index contributed by atoms with van der Waals surface area (Å²) in [5.41, 5.74) is 9.52. The highest BCUT2D eigenvalue weighted by Crippen LogP contribution is 2.42. The second kappa shape index (κ2) is 12.5. The first-order valence-corrected chi connectivity index (χ1v) is 17.7. The number of benzene rings is 9. The SMILES string of the molecule is c1ccc(-c2ccccc2-c2cc(-c3ccccc3-c3ccc4ccccc4c3)nc(-c3c4ccccc4cc4c3ccc3ccccc34)n2)cc1. The maximum Gasteiger partial charge on any atom is 0.161 e. The van der Waals surface area contributed by atoms with Crippen LogP contribution in [0.5, 0.6) is 0 Å². The van der Waals surface area contributed by atoms with E-state index in [1.54, 1.807) is 0 Å². The lowest BCUT2D eigenvalue weighted by molar-refractivity contribution is 1.19. The van der Waals surface area contributed by atoms with Gasteiger partial charge in [0.05, 0.1) is 11.4 Å². The molecule has 1 aromatic heterocycles. The molecule has 0 radical (unpaired) electrons. The van der Waals surface area contributed by atoms with Gasteiger partial charge in [0.15, 0.2) is 5.82 Å². The fourth-order valence-corrected chi connectivity index (χ4v) is 7.79. The minimum Gasteiger partial charge on any atom is -0.228 e. The van der Waals surface area contributed by atoms with Crippen LogP contribution in [-0.2, 0) is 0 Å². The van der Waals surface area contributed by atoms with E-state index >= 15 is 0 Å². The Hall–Kier alpha value is -6.90. The molecular weight excluding hydrogens is 629 g/mol. The van der Waals surface area contributed by atoms with Crippen molar-refractivity contribution in [2.75, 3.05) is 0 Å². The molecule has 0 aliphatic rings. The minimum absolute atomic E-state index is 0.709. The molecule has 0 N–H and O–H groups in total. The van der Waals surface area contributed by atoms with E-state index in [-0.39, 0.29) is 0 Å². The van der Waals surface area contributed by atoms with Crippen molar-refractivity contribution >= 4 is 43.1 Å². The number of rotatable bonds is 5. The highest BCUT2D eigenvalue weighted by Gasteiger charge is 2.20. The summed E-state index contributed by atoms with van der Waals surface area (Å²) in [6.07, 6.45) is 0. The van der Waals surface area contributed by atoms with Gasteiger partial charge >= 0.3 is 0 Å². The van der Waals surface area contributed by atoms with Gasteiger partial charge in [0.2, 0.25) is 0 Å². The molecule has 52 heavy (non-hydrogen) atoms. The van der Waals surface area contributed by atoms with Crippen LogP contribution in [0.4, 0.5) is 0 Å². The van der Waals surface area contributed by atoms with Gasteiger partial charge in [0.1, 0.15) is 0 Å². The molecule has 0 saturated heterocycles. The molecule has 242 valence electrons. The first-order valence-electron chi connectivity index (χ1n) is 17.7. The number of hydrogen-bond acceptors (Lipinski definition) is 2. The van der Waals surface area contributed by atoms with Crippen LogP contribution in [0.3, 0.4) is 0 Å². The van der Waals surface area contributed by atoms with Crippen molar-refractivity contribution in [1.29, 1.82) is 0 Å². The Morgan fingerprint density at radius 3 is 1.54 bits per heavy atom. The summed E-state index contributed by atoms with van der Waals surface area (Å²) in [5, 5.41) is 9.51. The van der Waals surface area contributed by atoms with Gasteiger partial charge in [-0.3, -0.25) is 0 Å². The molecule has 0 saturated carbocycles. The Morgan fingerprint density at radius 2 is 0.808 bits per heavy atom. The normalized spacial score (nSPS) is 11.5. The molecule has 9 aromatic carbocycles. The van der Waals surface area contributed by atoms with Gasteiger partial charge in [0.25, 0.3) is 0 Å². The molecule has 2 heteroatoms. The van der Waals surface area contributed by atoms with Crippen LogP contribution < -0.4 is 0 Å². The lowest BCUT2D eigenvalue weighted by atomic mass is 9.91. The molecule has 10 rings (SSSR count). The van der Waals surface area contributed by atoms with Crippen molar-refractivity contribution in [1.82, 2.24) is 9.97 Å². The molecular formula is C50H32N2. The highest BCUT2D eigenvalue weighted by molar-refractivity contribution is 6.19. The van der Waals surface area contributed by atoms with Gasteiger partial charge < -0.3 is 0 Å². The summed E-state index contributed by atoms with van der Waals surface area (Å²) in [6.45, 7) is 0. The predicted molar refractivity (Wildman–Crippen MR) is 219 cm³/mol. The van der Waals surface area contributed by atoms with Crippen molar-refractivity contribution in [3.63, 3.8) is 0 Å². The van der Waals surface area contributed by atoms with Gasteiger partial charge in [0, 0.05) is 16.7 Å². The zero-order valence-corrected chi connectivity index (χ0v) is 28.4. The monoisotopic (exact) mass is 660 g/mol. The average Bonchev–Trinajstić information content (AvgIpc) is 3.22. The van der Waals surface area contributed by atoms with Crippen LogP contribution in [0.15, 0.2) is 194 Å². The summed E-state index contributed by atoms with van der Waals surface area (Å²) in [4.78, 5) is 11.0. The molecule has 0 atom stereocenters. The zero-order valence-electron chi connectivity index (χ0n) is 28.4. The number of hydrogen-bond donors (Lipinski definition) is 0. The predicted octanol–water partition coefficient (Wildman–Crippen LogP) is 13.4. The highest BCUT2D eigenvalue weighted by atomic mass is 14.9. The lowest BCUT2D eigenvalue weighted by Gasteiger charge is -2.17. The Balaban J connectivity index is 1.29. The Kier molecular flexibility index (Phi) is 7.18. The molecule has 0 aliphatic carbocycles. The van der Waals surface area contributed by atoms with Crippen LogP contribution >= 0.6 is 0 Å². The average molecular weight is 661 g/mol. The molecule has 10 aromatic rings. The van der Waals surface area contributed by atoms with Gasteiger partial charge in [-0.05, 0) is 83.5 Å². The van der Waals surface area contributed by atoms with E-state index in [0.29, 0.717) is 5.82 Å². The van der Waals surface area contributed by atoms with Crippen LogP contribution in [0.2, 0.25) is 0 Å². The van der Waals surface area contributed by atoms with E-state index in [4.69, 9.17) is 9.97 Å². The van der Waals surface area contributed by atoms with E-state index in [1.165, 1.54) is 26.9 Å². The van der Waals surface area contributed by atoms with Crippen molar-refractivity contribution in [3.8, 4) is 56.2 Å². The first kappa shape index (κ1) is 30.0. The Bertz CT molecular complexity index is 2960.